The molecule has 1 amide bonds. The summed E-state index contributed by atoms with van der Waals surface area (Å²) in [6.07, 6.45) is 5.73. The Kier molecular flexibility index (Phi) is 4.09. The van der Waals surface area contributed by atoms with Crippen LogP contribution in [-0.2, 0) is 4.79 Å². The molecule has 1 aliphatic rings. The van der Waals surface area contributed by atoms with Crippen LogP contribution < -0.4 is 11.1 Å². The smallest absolute Gasteiger partial charge is 0.211 e. The number of carbonyl (C=O) groups is 1. The molecule has 1 rings (SSSR count). The average molecular weight is 207 g/mol. The van der Waals surface area contributed by atoms with Gasteiger partial charge >= 0.3 is 0 Å². The predicted molar refractivity (Wildman–Crippen MR) is 61.4 cm³/mol. The Labute approximate surface area is 90.0 Å². The molecular formula is C11H17N3O. The number of nitrogens with two attached hydrogens (primary N) is 1. The summed E-state index contributed by atoms with van der Waals surface area (Å²) < 4.78 is 0. The molecule has 0 aromatic rings. The van der Waals surface area contributed by atoms with Gasteiger partial charge in [0.25, 0.3) is 0 Å². The second-order valence-corrected chi connectivity index (χ2v) is 3.72. The van der Waals surface area contributed by atoms with Gasteiger partial charge in [-0.25, -0.2) is 0 Å². The van der Waals surface area contributed by atoms with E-state index in [1.54, 1.807) is 0 Å². The molecule has 0 aliphatic heterocycles. The van der Waals surface area contributed by atoms with Crippen LogP contribution in [0.3, 0.4) is 0 Å². The van der Waals surface area contributed by atoms with E-state index in [9.17, 15) is 4.79 Å². The standard InChI is InChI=1S/C11H17N3O/c1-8(2)14-11-4-3-10(13-7-15)5-9(11)6-12/h5-8H,3-4,12H2,1-2H3,(H,13,15)/b9-6-,14-11?. The summed E-state index contributed by atoms with van der Waals surface area (Å²) in [5.74, 6) is 0. The Morgan fingerprint density at radius 2 is 2.27 bits per heavy atom. The van der Waals surface area contributed by atoms with E-state index in [2.05, 4.69) is 10.3 Å². The maximum atomic E-state index is 10.3. The number of hydrogen-bond acceptors (Lipinski definition) is 3. The summed E-state index contributed by atoms with van der Waals surface area (Å²) in [6.45, 7) is 4.06. The molecule has 0 radical (unpaired) electrons. The van der Waals surface area contributed by atoms with Gasteiger partial charge in [-0.1, -0.05) is 0 Å². The molecular weight excluding hydrogens is 190 g/mol. The Hall–Kier alpha value is -1.58. The number of nitrogens with zero attached hydrogens (tertiary/aromatic N) is 1. The molecule has 4 heteroatoms. The van der Waals surface area contributed by atoms with E-state index in [1.165, 1.54) is 6.20 Å². The molecule has 0 saturated heterocycles. The van der Waals surface area contributed by atoms with Crippen molar-refractivity contribution < 1.29 is 4.79 Å². The van der Waals surface area contributed by atoms with Crippen LogP contribution in [0, 0.1) is 0 Å². The number of allylic oxidation sites excluding steroid dienone is 3. The molecule has 0 fully saturated rings. The van der Waals surface area contributed by atoms with Gasteiger partial charge < -0.3 is 11.1 Å². The molecule has 0 aromatic carbocycles. The molecule has 0 spiro atoms. The molecule has 4 nitrogen and oxygen atoms in total. The molecule has 3 N–H and O–H groups in total. The van der Waals surface area contributed by atoms with Gasteiger partial charge in [0.2, 0.25) is 6.41 Å². The van der Waals surface area contributed by atoms with E-state index in [-0.39, 0.29) is 6.04 Å². The number of carbonyl (C=O) groups excluding carboxylic acids is 1. The lowest BCUT2D eigenvalue weighted by Gasteiger charge is -2.17. The highest BCUT2D eigenvalue weighted by atomic mass is 16.1. The fourth-order valence-electron chi connectivity index (χ4n) is 1.53. The summed E-state index contributed by atoms with van der Waals surface area (Å²) in [6, 6.07) is 0.268. The van der Waals surface area contributed by atoms with Gasteiger partial charge in [0.1, 0.15) is 0 Å². The van der Waals surface area contributed by atoms with Crippen LogP contribution in [-0.4, -0.2) is 18.2 Å². The van der Waals surface area contributed by atoms with E-state index in [0.29, 0.717) is 6.41 Å². The van der Waals surface area contributed by atoms with Crippen LogP contribution in [0.25, 0.3) is 0 Å². The fraction of sp³-hybridized carbons (Fsp3) is 0.455. The van der Waals surface area contributed by atoms with Crippen molar-refractivity contribution in [2.45, 2.75) is 32.7 Å². The van der Waals surface area contributed by atoms with Crippen molar-refractivity contribution in [2.75, 3.05) is 0 Å². The lowest BCUT2D eigenvalue weighted by Crippen LogP contribution is -2.19. The first-order valence-corrected chi connectivity index (χ1v) is 5.07. The highest BCUT2D eigenvalue weighted by molar-refractivity contribution is 6.03. The van der Waals surface area contributed by atoms with Gasteiger partial charge in [-0.3, -0.25) is 9.79 Å². The molecule has 0 saturated carbocycles. The molecule has 15 heavy (non-hydrogen) atoms. The lowest BCUT2D eigenvalue weighted by atomic mass is 9.97. The fourth-order valence-corrected chi connectivity index (χ4v) is 1.53. The van der Waals surface area contributed by atoms with Crippen molar-refractivity contribution in [1.29, 1.82) is 0 Å². The van der Waals surface area contributed by atoms with Gasteiger partial charge in [-0.15, -0.1) is 0 Å². The predicted octanol–water partition coefficient (Wildman–Crippen LogP) is 1.10. The lowest BCUT2D eigenvalue weighted by molar-refractivity contribution is -0.109. The largest absolute Gasteiger partial charge is 0.404 e. The van der Waals surface area contributed by atoms with Crippen molar-refractivity contribution in [3.05, 3.63) is 23.5 Å². The molecule has 0 heterocycles. The maximum Gasteiger partial charge on any atom is 0.211 e. The molecule has 82 valence electrons. The van der Waals surface area contributed by atoms with E-state index >= 15 is 0 Å². The quantitative estimate of drug-likeness (QED) is 0.680. The molecule has 0 atom stereocenters. The SMILES string of the molecule is CC(C)N=C1CCC(NC=O)=C/C1=C/N. The van der Waals surface area contributed by atoms with E-state index in [4.69, 9.17) is 5.73 Å². The first-order chi connectivity index (χ1) is 7.17. The molecule has 0 bridgehead atoms. The average Bonchev–Trinajstić information content (AvgIpc) is 2.20. The second kappa shape index (κ2) is 5.34. The van der Waals surface area contributed by atoms with Gasteiger partial charge in [0.15, 0.2) is 0 Å². The van der Waals surface area contributed by atoms with Crippen molar-refractivity contribution in [3.63, 3.8) is 0 Å². The third-order valence-electron chi connectivity index (χ3n) is 2.13. The normalized spacial score (nSPS) is 21.9. The van der Waals surface area contributed by atoms with Crippen LogP contribution in [0.2, 0.25) is 0 Å². The third kappa shape index (κ3) is 3.23. The van der Waals surface area contributed by atoms with Gasteiger partial charge in [-0.05, 0) is 32.8 Å². The molecule has 0 unspecified atom stereocenters. The van der Waals surface area contributed by atoms with Gasteiger partial charge in [-0.2, -0.15) is 0 Å². The second-order valence-electron chi connectivity index (χ2n) is 3.72. The van der Waals surface area contributed by atoms with Gasteiger partial charge in [0.05, 0.1) is 0 Å². The van der Waals surface area contributed by atoms with Gasteiger partial charge in [0, 0.05) is 29.2 Å². The maximum absolute atomic E-state index is 10.3. The Bertz CT molecular complexity index is 327. The first-order valence-electron chi connectivity index (χ1n) is 5.07. The number of nitrogens with one attached hydrogen (secondary N) is 1. The monoisotopic (exact) mass is 207 g/mol. The van der Waals surface area contributed by atoms with Crippen molar-refractivity contribution in [1.82, 2.24) is 5.32 Å². The minimum absolute atomic E-state index is 0.268. The summed E-state index contributed by atoms with van der Waals surface area (Å²) in [5, 5.41) is 2.65. The van der Waals surface area contributed by atoms with Crippen molar-refractivity contribution in [2.24, 2.45) is 10.7 Å². The number of rotatable bonds is 3. The van der Waals surface area contributed by atoms with Crippen LogP contribution in [0.15, 0.2) is 28.5 Å². The zero-order valence-electron chi connectivity index (χ0n) is 9.16. The highest BCUT2D eigenvalue weighted by Gasteiger charge is 2.13. The topological polar surface area (TPSA) is 67.5 Å². The molecule has 0 aromatic heterocycles. The molecule has 1 aliphatic carbocycles. The minimum Gasteiger partial charge on any atom is -0.404 e. The summed E-state index contributed by atoms with van der Waals surface area (Å²) >= 11 is 0. The zero-order valence-corrected chi connectivity index (χ0v) is 9.16. The Morgan fingerprint density at radius 3 is 2.80 bits per heavy atom. The number of hydrogen-bond donors (Lipinski definition) is 2. The Morgan fingerprint density at radius 1 is 1.53 bits per heavy atom. The van der Waals surface area contributed by atoms with Crippen molar-refractivity contribution in [3.8, 4) is 0 Å². The zero-order chi connectivity index (χ0) is 11.3. The van der Waals surface area contributed by atoms with Crippen LogP contribution in [0.5, 0.6) is 0 Å². The third-order valence-corrected chi connectivity index (χ3v) is 2.13. The van der Waals surface area contributed by atoms with E-state index in [0.717, 1.165) is 29.8 Å². The van der Waals surface area contributed by atoms with Crippen LogP contribution >= 0.6 is 0 Å². The summed E-state index contributed by atoms with van der Waals surface area (Å²) in [4.78, 5) is 14.8. The van der Waals surface area contributed by atoms with Crippen LogP contribution in [0.4, 0.5) is 0 Å². The first kappa shape index (κ1) is 11.5. The summed E-state index contributed by atoms with van der Waals surface area (Å²) in [7, 11) is 0. The van der Waals surface area contributed by atoms with Crippen molar-refractivity contribution >= 4 is 12.1 Å². The highest BCUT2D eigenvalue weighted by Crippen LogP contribution is 2.18. The minimum atomic E-state index is 0.268. The van der Waals surface area contributed by atoms with Crippen LogP contribution in [0.1, 0.15) is 26.7 Å². The van der Waals surface area contributed by atoms with E-state index in [1.807, 2.05) is 19.9 Å². The number of amides is 1. The Balaban J connectivity index is 2.88. The number of aliphatic imine (C=N–C) groups is 1. The van der Waals surface area contributed by atoms with E-state index < -0.39 is 0 Å². The summed E-state index contributed by atoms with van der Waals surface area (Å²) in [5.41, 5.74) is 8.34.